The van der Waals surface area contributed by atoms with E-state index in [4.69, 9.17) is 0 Å². The molecule has 4 aromatic rings. The number of imidazole rings is 1. The van der Waals surface area contributed by atoms with Crippen LogP contribution in [0.5, 0.6) is 5.88 Å². The molecule has 11 heteroatoms. The zero-order valence-corrected chi connectivity index (χ0v) is 23.0. The van der Waals surface area contributed by atoms with Gasteiger partial charge in [-0.25, -0.2) is 4.79 Å². The third-order valence-electron chi connectivity index (χ3n) is 6.68. The second-order valence-electron chi connectivity index (χ2n) is 9.45. The number of azo groups is 1. The molecule has 3 heterocycles. The van der Waals surface area contributed by atoms with Gasteiger partial charge in [0.25, 0.3) is 11.5 Å². The minimum atomic E-state index is -0.538. The molecule has 198 valence electrons. The molecule has 0 aliphatic heterocycles. The summed E-state index contributed by atoms with van der Waals surface area (Å²) in [6, 6.07) is 5.52. The molecule has 0 amide bonds. The van der Waals surface area contributed by atoms with Gasteiger partial charge in [0.05, 0.1) is 5.52 Å². The molecule has 0 aliphatic rings. The zero-order chi connectivity index (χ0) is 26.4. The number of hydrogen-bond donors (Lipinski definition) is 3. The maximum atomic E-state index is 12.7. The van der Waals surface area contributed by atoms with E-state index in [1.165, 1.54) is 49.5 Å². The summed E-state index contributed by atoms with van der Waals surface area (Å²) in [5.41, 5.74) is 0.490. The summed E-state index contributed by atoms with van der Waals surface area (Å²) in [7, 11) is 1.56. The van der Waals surface area contributed by atoms with Crippen molar-refractivity contribution in [2.45, 2.75) is 77.7 Å². The van der Waals surface area contributed by atoms with Crippen LogP contribution in [-0.2, 0) is 13.6 Å². The Labute approximate surface area is 223 Å². The first-order chi connectivity index (χ1) is 17.9. The van der Waals surface area contributed by atoms with Crippen LogP contribution in [0.4, 0.5) is 11.6 Å². The molecule has 0 fully saturated rings. The average Bonchev–Trinajstić information content (AvgIpc) is 3.39. The third kappa shape index (κ3) is 6.20. The van der Waals surface area contributed by atoms with Gasteiger partial charge >= 0.3 is 5.69 Å². The van der Waals surface area contributed by atoms with Crippen molar-refractivity contribution < 1.29 is 5.11 Å². The second-order valence-corrected chi connectivity index (χ2v) is 10.4. The SMILES string of the molecule is CCCCCCCCCCCCn1c(N=Nc2c(O)[nH]c3ccc(Br)cc23)nc2c1c(=O)[nH]c(=O)n2C. The lowest BCUT2D eigenvalue weighted by molar-refractivity contribution is 0.459. The lowest BCUT2D eigenvalue weighted by Gasteiger charge is -2.06. The Morgan fingerprint density at radius 1 is 0.973 bits per heavy atom. The van der Waals surface area contributed by atoms with E-state index in [-0.39, 0.29) is 28.7 Å². The van der Waals surface area contributed by atoms with Crippen LogP contribution in [-0.4, -0.2) is 29.2 Å². The Kier molecular flexibility index (Phi) is 8.96. The van der Waals surface area contributed by atoms with Crippen LogP contribution >= 0.6 is 15.9 Å². The Morgan fingerprint density at radius 2 is 1.65 bits per heavy atom. The van der Waals surface area contributed by atoms with E-state index in [2.05, 4.69) is 48.0 Å². The van der Waals surface area contributed by atoms with Gasteiger partial charge < -0.3 is 14.7 Å². The highest BCUT2D eigenvalue weighted by molar-refractivity contribution is 9.10. The molecule has 0 atom stereocenters. The zero-order valence-electron chi connectivity index (χ0n) is 21.4. The number of aromatic hydroxyl groups is 1. The van der Waals surface area contributed by atoms with E-state index >= 15 is 0 Å². The summed E-state index contributed by atoms with van der Waals surface area (Å²) >= 11 is 3.44. The molecule has 4 rings (SSSR count). The highest BCUT2D eigenvalue weighted by Gasteiger charge is 2.18. The monoisotopic (exact) mass is 571 g/mol. The summed E-state index contributed by atoms with van der Waals surface area (Å²) in [6.45, 7) is 2.75. The first kappa shape index (κ1) is 26.8. The van der Waals surface area contributed by atoms with Gasteiger partial charge in [-0.15, -0.1) is 10.2 Å². The molecule has 0 saturated heterocycles. The lowest BCUT2D eigenvalue weighted by atomic mass is 10.1. The topological polar surface area (TPSA) is 133 Å². The van der Waals surface area contributed by atoms with Gasteiger partial charge in [-0.1, -0.05) is 80.6 Å². The Morgan fingerprint density at radius 3 is 2.35 bits per heavy atom. The van der Waals surface area contributed by atoms with E-state index in [0.29, 0.717) is 17.4 Å². The van der Waals surface area contributed by atoms with Crippen LogP contribution in [0.2, 0.25) is 0 Å². The Hall–Kier alpha value is -3.21. The number of benzene rings is 1. The molecular formula is C26H34BrN7O3. The van der Waals surface area contributed by atoms with Crippen molar-refractivity contribution in [3.8, 4) is 5.88 Å². The molecule has 3 aromatic heterocycles. The number of H-pyrrole nitrogens is 2. The normalized spacial score (nSPS) is 12.0. The predicted octanol–water partition coefficient (Wildman–Crippen LogP) is 6.71. The lowest BCUT2D eigenvalue weighted by Crippen LogP contribution is -2.29. The number of rotatable bonds is 13. The van der Waals surface area contributed by atoms with Crippen molar-refractivity contribution in [1.82, 2.24) is 24.1 Å². The van der Waals surface area contributed by atoms with Gasteiger partial charge in [0, 0.05) is 23.5 Å². The van der Waals surface area contributed by atoms with Crippen LogP contribution in [0.15, 0.2) is 42.5 Å². The van der Waals surface area contributed by atoms with E-state index in [1.54, 1.807) is 11.6 Å². The average molecular weight is 573 g/mol. The van der Waals surface area contributed by atoms with Crippen LogP contribution in [0.1, 0.15) is 71.1 Å². The van der Waals surface area contributed by atoms with Crippen molar-refractivity contribution in [2.24, 2.45) is 17.3 Å². The number of hydrogen-bond acceptors (Lipinski definition) is 6. The van der Waals surface area contributed by atoms with E-state index in [1.807, 2.05) is 18.2 Å². The first-order valence-corrected chi connectivity index (χ1v) is 13.8. The predicted molar refractivity (Wildman–Crippen MR) is 149 cm³/mol. The summed E-state index contributed by atoms with van der Waals surface area (Å²) in [5.74, 6) is 0.0980. The van der Waals surface area contributed by atoms with Crippen LogP contribution in [0, 0.1) is 0 Å². The van der Waals surface area contributed by atoms with Crippen LogP contribution in [0.25, 0.3) is 22.1 Å². The van der Waals surface area contributed by atoms with E-state index in [9.17, 15) is 14.7 Å². The summed E-state index contributed by atoms with van der Waals surface area (Å²) in [6.07, 6.45) is 12.0. The van der Waals surface area contributed by atoms with Gasteiger partial charge in [0.1, 0.15) is 0 Å². The maximum Gasteiger partial charge on any atom is 0.329 e. The van der Waals surface area contributed by atoms with Gasteiger partial charge in [-0.3, -0.25) is 14.3 Å². The van der Waals surface area contributed by atoms with Crippen molar-refractivity contribution in [3.05, 3.63) is 43.5 Å². The number of aromatic amines is 2. The highest BCUT2D eigenvalue weighted by Crippen LogP contribution is 2.37. The summed E-state index contributed by atoms with van der Waals surface area (Å²) in [5, 5.41) is 19.7. The molecule has 0 saturated carbocycles. The Balaban J connectivity index is 1.53. The standard InChI is InChI=1S/C26H34BrN7O3/c1-3-4-5-6-7-8-9-10-11-12-15-34-21-22(33(2)26(37)30-24(21)36)29-25(34)32-31-20-18-16-17(27)13-14-19(18)28-23(20)35/h13-14,16,28,35H,3-12,15H2,1-2H3,(H,30,36,37). The Bertz CT molecular complexity index is 1510. The fourth-order valence-electron chi connectivity index (χ4n) is 4.60. The first-order valence-electron chi connectivity index (χ1n) is 13.0. The molecule has 1 aromatic carbocycles. The van der Waals surface area contributed by atoms with Crippen molar-refractivity contribution in [2.75, 3.05) is 0 Å². The molecule has 0 radical (unpaired) electrons. The van der Waals surface area contributed by atoms with Crippen LogP contribution in [0.3, 0.4) is 0 Å². The van der Waals surface area contributed by atoms with Crippen molar-refractivity contribution in [1.29, 1.82) is 0 Å². The van der Waals surface area contributed by atoms with Gasteiger partial charge in [-0.2, -0.15) is 4.98 Å². The number of aromatic nitrogens is 5. The number of halogens is 1. The van der Waals surface area contributed by atoms with Crippen molar-refractivity contribution >= 4 is 49.6 Å². The van der Waals surface area contributed by atoms with E-state index < -0.39 is 11.2 Å². The van der Waals surface area contributed by atoms with Crippen molar-refractivity contribution in [3.63, 3.8) is 0 Å². The summed E-state index contributed by atoms with van der Waals surface area (Å²) in [4.78, 5) is 34.6. The molecule has 0 aliphatic carbocycles. The smallest absolute Gasteiger partial charge is 0.329 e. The highest BCUT2D eigenvalue weighted by atomic mass is 79.9. The number of nitrogens with one attached hydrogen (secondary N) is 2. The van der Waals surface area contributed by atoms with Gasteiger partial charge in [0.15, 0.2) is 16.9 Å². The molecule has 0 bridgehead atoms. The maximum absolute atomic E-state index is 12.7. The largest absolute Gasteiger partial charge is 0.493 e. The minimum Gasteiger partial charge on any atom is -0.493 e. The molecular weight excluding hydrogens is 538 g/mol. The third-order valence-corrected chi connectivity index (χ3v) is 7.17. The second kappa shape index (κ2) is 12.4. The fraction of sp³-hybridized carbons (Fsp3) is 0.500. The molecule has 0 unspecified atom stereocenters. The minimum absolute atomic E-state index is 0.112. The number of fused-ring (bicyclic) bond motifs is 2. The van der Waals surface area contributed by atoms with Gasteiger partial charge in [-0.05, 0) is 24.6 Å². The quantitative estimate of drug-likeness (QED) is 0.121. The fourth-order valence-corrected chi connectivity index (χ4v) is 4.96. The number of unbranched alkanes of at least 4 members (excludes halogenated alkanes) is 9. The van der Waals surface area contributed by atoms with Crippen LogP contribution < -0.4 is 11.2 Å². The number of nitrogens with zero attached hydrogens (tertiary/aromatic N) is 5. The molecule has 3 N–H and O–H groups in total. The number of aryl methyl sites for hydroxylation is 2. The molecule has 10 nitrogen and oxygen atoms in total. The van der Waals surface area contributed by atoms with E-state index in [0.717, 1.165) is 23.7 Å². The summed E-state index contributed by atoms with van der Waals surface area (Å²) < 4.78 is 3.85. The van der Waals surface area contributed by atoms with Gasteiger partial charge in [0.2, 0.25) is 5.88 Å². The molecule has 0 spiro atoms. The molecule has 37 heavy (non-hydrogen) atoms.